The van der Waals surface area contributed by atoms with Crippen molar-refractivity contribution in [2.45, 2.75) is 43.6 Å². The Hall–Kier alpha value is -3.52. The molecule has 1 aliphatic heterocycles. The number of halogens is 1. The Kier molecular flexibility index (Phi) is 5.51. The van der Waals surface area contributed by atoms with Crippen LogP contribution in [0.25, 0.3) is 0 Å². The van der Waals surface area contributed by atoms with E-state index < -0.39 is 39.4 Å². The molecule has 0 spiro atoms. The molecule has 0 bridgehead atoms. The number of hydrogen-bond acceptors (Lipinski definition) is 8. The maximum absolute atomic E-state index is 13.4. The Morgan fingerprint density at radius 3 is 2.71 bits per heavy atom. The number of carbonyl (C=O) groups excluding carboxylic acids is 2. The zero-order valence-electron chi connectivity index (χ0n) is 19.0. The lowest BCUT2D eigenvalue weighted by Gasteiger charge is -2.26. The second-order valence-electron chi connectivity index (χ2n) is 8.84. The molecule has 1 N–H and O–H groups in total. The summed E-state index contributed by atoms with van der Waals surface area (Å²) in [7, 11) is -2.35. The van der Waals surface area contributed by atoms with E-state index in [4.69, 9.17) is 4.52 Å². The van der Waals surface area contributed by atoms with Gasteiger partial charge in [-0.1, -0.05) is 11.2 Å². The largest absolute Gasteiger partial charge is 0.502 e. The SMILES string of the molecule is Cc1cc(CN2C(=O)C3=CC(S(=O)(=O)NC4(CF)CC4)C=CC3=[N+](Cc3ncnn3C)C2=O)on1. The Labute approximate surface area is 199 Å². The second kappa shape index (κ2) is 8.30. The van der Waals surface area contributed by atoms with E-state index in [1.54, 1.807) is 20.0 Å². The van der Waals surface area contributed by atoms with Gasteiger partial charge in [0.05, 0.1) is 11.2 Å². The molecule has 184 valence electrons. The molecule has 1 saturated carbocycles. The Balaban J connectivity index is 1.54. The topological polar surface area (TPSA) is 143 Å². The van der Waals surface area contributed by atoms with E-state index in [9.17, 15) is 22.4 Å². The number of aromatic nitrogens is 4. The van der Waals surface area contributed by atoms with Crippen LogP contribution in [0, 0.1) is 6.92 Å². The van der Waals surface area contributed by atoms with Crippen molar-refractivity contribution in [3.05, 3.63) is 53.5 Å². The average Bonchev–Trinajstić information content (AvgIpc) is 3.27. The lowest BCUT2D eigenvalue weighted by Crippen LogP contribution is -2.52. The smallest absolute Gasteiger partial charge is 0.357 e. The van der Waals surface area contributed by atoms with E-state index >= 15 is 0 Å². The molecule has 2 aliphatic carbocycles. The highest BCUT2D eigenvalue weighted by molar-refractivity contribution is 7.90. The van der Waals surface area contributed by atoms with Gasteiger partial charge in [0.1, 0.15) is 29.5 Å². The van der Waals surface area contributed by atoms with Crippen LogP contribution < -0.4 is 4.72 Å². The number of rotatable bonds is 8. The third-order valence-corrected chi connectivity index (χ3v) is 7.93. The van der Waals surface area contributed by atoms with E-state index in [-0.39, 0.29) is 24.4 Å². The minimum Gasteiger partial charge on any atom is -0.357 e. The fourth-order valence-corrected chi connectivity index (χ4v) is 5.60. The minimum absolute atomic E-state index is 0.00775. The number of allylic oxidation sites excluding steroid dienone is 1. The molecule has 14 heteroatoms. The first kappa shape index (κ1) is 23.2. The summed E-state index contributed by atoms with van der Waals surface area (Å²) < 4.78 is 49.7. The number of alkyl halides is 1. The summed E-state index contributed by atoms with van der Waals surface area (Å²) in [5, 5.41) is 6.59. The number of nitrogens with one attached hydrogen (secondary N) is 1. The van der Waals surface area contributed by atoms with Gasteiger partial charge in [0.25, 0.3) is 0 Å². The van der Waals surface area contributed by atoms with Gasteiger partial charge in [0, 0.05) is 13.1 Å². The number of sulfonamides is 1. The van der Waals surface area contributed by atoms with Crippen LogP contribution >= 0.6 is 0 Å². The molecule has 1 unspecified atom stereocenters. The van der Waals surface area contributed by atoms with Crippen molar-refractivity contribution in [2.75, 3.05) is 6.67 Å². The standard InChI is InChI=1S/C21H23FN7O5S/c1-13-7-14(34-25-13)9-29-19(30)16-8-15(35(32,33)26-21(11-22)5-6-21)3-4-17(16)28(20(29)31)10-18-23-12-24-27(18)2/h3-4,7-8,12,15,26H,5-6,9-11H2,1-2H3/q+1. The van der Waals surface area contributed by atoms with Crippen LogP contribution in [0.3, 0.4) is 0 Å². The van der Waals surface area contributed by atoms with Gasteiger partial charge in [-0.25, -0.2) is 32.0 Å². The average molecular weight is 505 g/mol. The summed E-state index contributed by atoms with van der Waals surface area (Å²) in [5.41, 5.74) is -0.217. The Morgan fingerprint density at radius 2 is 2.11 bits per heavy atom. The summed E-state index contributed by atoms with van der Waals surface area (Å²) >= 11 is 0. The zero-order chi connectivity index (χ0) is 25.0. The van der Waals surface area contributed by atoms with Crippen molar-refractivity contribution in [3.63, 3.8) is 0 Å². The van der Waals surface area contributed by atoms with Crippen LogP contribution in [0.4, 0.5) is 9.18 Å². The van der Waals surface area contributed by atoms with Crippen molar-refractivity contribution in [2.24, 2.45) is 7.05 Å². The summed E-state index contributed by atoms with van der Waals surface area (Å²) in [4.78, 5) is 31.9. The highest BCUT2D eigenvalue weighted by Crippen LogP contribution is 2.37. The Morgan fingerprint density at radius 1 is 1.34 bits per heavy atom. The number of hydrogen-bond donors (Lipinski definition) is 1. The molecule has 1 atom stereocenters. The van der Waals surface area contributed by atoms with Crippen molar-refractivity contribution >= 4 is 27.7 Å². The molecule has 2 aromatic heterocycles. The quantitative estimate of drug-likeness (QED) is 0.513. The van der Waals surface area contributed by atoms with Crippen LogP contribution in [-0.4, -0.2) is 72.9 Å². The predicted octanol–water partition coefficient (Wildman–Crippen LogP) is 0.514. The van der Waals surface area contributed by atoms with Crippen LogP contribution in [0.1, 0.15) is 30.1 Å². The third-order valence-electron chi connectivity index (χ3n) is 6.20. The molecular formula is C21H23FN7O5S+. The molecule has 2 aromatic rings. The summed E-state index contributed by atoms with van der Waals surface area (Å²) in [6.45, 7) is 0.703. The van der Waals surface area contributed by atoms with Crippen LogP contribution in [0.15, 0.2) is 40.7 Å². The molecule has 0 aromatic carbocycles. The normalized spacial score (nSPS) is 21.4. The van der Waals surface area contributed by atoms with Gasteiger partial charge < -0.3 is 4.52 Å². The molecule has 3 aliphatic rings. The molecule has 1 fully saturated rings. The van der Waals surface area contributed by atoms with Crippen LogP contribution in [0.5, 0.6) is 0 Å². The predicted molar refractivity (Wildman–Crippen MR) is 118 cm³/mol. The third kappa shape index (κ3) is 4.23. The first-order valence-corrected chi connectivity index (χ1v) is 12.4. The van der Waals surface area contributed by atoms with Crippen LogP contribution in [-0.2, 0) is 35.0 Å². The van der Waals surface area contributed by atoms with E-state index in [0.29, 0.717) is 30.1 Å². The second-order valence-corrected chi connectivity index (χ2v) is 10.7. The number of amides is 3. The van der Waals surface area contributed by atoms with Gasteiger partial charge in [-0.3, -0.25) is 0 Å². The van der Waals surface area contributed by atoms with Gasteiger partial charge in [-0.2, -0.15) is 14.5 Å². The minimum atomic E-state index is -4.02. The van der Waals surface area contributed by atoms with Gasteiger partial charge in [-0.05, 0) is 31.9 Å². The first-order chi connectivity index (χ1) is 16.6. The number of imide groups is 1. The fourth-order valence-electron chi connectivity index (χ4n) is 4.00. The molecular weight excluding hydrogens is 481 g/mol. The van der Waals surface area contributed by atoms with E-state index in [0.717, 1.165) is 4.90 Å². The number of fused-ring (bicyclic) bond motifs is 1. The maximum Gasteiger partial charge on any atom is 0.502 e. The monoisotopic (exact) mass is 504 g/mol. The summed E-state index contributed by atoms with van der Waals surface area (Å²) in [6, 6.07) is 0.975. The van der Waals surface area contributed by atoms with Crippen molar-refractivity contribution < 1.29 is 31.5 Å². The summed E-state index contributed by atoms with van der Waals surface area (Å²) in [6.07, 6.45) is 6.25. The van der Waals surface area contributed by atoms with Gasteiger partial charge in [-0.15, -0.1) is 4.90 Å². The Bertz CT molecular complexity index is 1420. The lowest BCUT2D eigenvalue weighted by molar-refractivity contribution is -0.455. The molecule has 0 saturated heterocycles. The van der Waals surface area contributed by atoms with Crippen molar-refractivity contribution in [1.82, 2.24) is 29.5 Å². The highest BCUT2D eigenvalue weighted by Gasteiger charge is 2.50. The number of nitrogens with zero attached hydrogens (tertiary/aromatic N) is 6. The van der Waals surface area contributed by atoms with E-state index in [2.05, 4.69) is 20.0 Å². The molecule has 3 amide bonds. The number of aryl methyl sites for hydroxylation is 2. The van der Waals surface area contributed by atoms with Crippen molar-refractivity contribution in [3.8, 4) is 0 Å². The lowest BCUT2D eigenvalue weighted by atomic mass is 9.99. The number of carbonyl (C=O) groups is 2. The molecule has 3 heterocycles. The van der Waals surface area contributed by atoms with E-state index in [1.165, 1.54) is 33.8 Å². The summed E-state index contributed by atoms with van der Waals surface area (Å²) in [5.74, 6) is 0.0746. The van der Waals surface area contributed by atoms with Crippen molar-refractivity contribution in [1.29, 1.82) is 0 Å². The van der Waals surface area contributed by atoms with E-state index in [1.807, 2.05) is 0 Å². The molecule has 35 heavy (non-hydrogen) atoms. The van der Waals surface area contributed by atoms with Gasteiger partial charge in [0.2, 0.25) is 10.0 Å². The van der Waals surface area contributed by atoms with Gasteiger partial charge in [0.15, 0.2) is 24.7 Å². The number of urea groups is 1. The fraction of sp³-hybridized carbons (Fsp3) is 0.429. The molecule has 5 rings (SSSR count). The van der Waals surface area contributed by atoms with Gasteiger partial charge >= 0.3 is 11.9 Å². The maximum atomic E-state index is 13.4. The van der Waals surface area contributed by atoms with Crippen LogP contribution in [0.2, 0.25) is 0 Å². The zero-order valence-corrected chi connectivity index (χ0v) is 19.8. The first-order valence-electron chi connectivity index (χ1n) is 10.9. The molecule has 12 nitrogen and oxygen atoms in total. The molecule has 0 radical (unpaired) electrons. The highest BCUT2D eigenvalue weighted by atomic mass is 32.2.